The molecule has 14 heteroatoms. The Balaban J connectivity index is 1.58. The van der Waals surface area contributed by atoms with Crippen molar-refractivity contribution in [1.29, 1.82) is 5.41 Å². The Bertz CT molecular complexity index is 1320. The van der Waals surface area contributed by atoms with Crippen molar-refractivity contribution in [3.8, 4) is 5.75 Å². The highest BCUT2D eigenvalue weighted by molar-refractivity contribution is 5.94. The fraction of sp³-hybridized carbons (Fsp3) is 0.594. The van der Waals surface area contributed by atoms with Crippen molar-refractivity contribution < 1.29 is 39.2 Å². The van der Waals surface area contributed by atoms with E-state index in [9.17, 15) is 34.5 Å². The summed E-state index contributed by atoms with van der Waals surface area (Å²) in [5.41, 5.74) is 6.20. The van der Waals surface area contributed by atoms with Gasteiger partial charge in [0.15, 0.2) is 12.2 Å². The first-order valence-corrected chi connectivity index (χ1v) is 15.8. The van der Waals surface area contributed by atoms with Crippen LogP contribution >= 0.6 is 0 Å². The molecule has 8 N–H and O–H groups in total. The summed E-state index contributed by atoms with van der Waals surface area (Å²) >= 11 is 0. The molecule has 46 heavy (non-hydrogen) atoms. The molecule has 0 aromatic heterocycles. The van der Waals surface area contributed by atoms with Gasteiger partial charge in [0.2, 0.25) is 17.7 Å². The Morgan fingerprint density at radius 2 is 1.85 bits per heavy atom. The zero-order valence-electron chi connectivity index (χ0n) is 26.5. The summed E-state index contributed by atoms with van der Waals surface area (Å²) in [6, 6.07) is 2.84. The molecule has 1 aromatic carbocycles. The number of hydrogen-bond acceptors (Lipinski definition) is 9. The number of nitrogens with two attached hydrogens (primary N) is 1. The summed E-state index contributed by atoms with van der Waals surface area (Å²) in [7, 11) is 0. The zero-order valence-corrected chi connectivity index (χ0v) is 26.5. The molecule has 1 aliphatic carbocycles. The van der Waals surface area contributed by atoms with Crippen LogP contribution in [0.4, 0.5) is 0 Å². The maximum Gasteiger partial charge on any atom is 0.302 e. The number of likely N-dealkylation sites (tertiary alicyclic amines) is 1. The van der Waals surface area contributed by atoms with Crippen LogP contribution in [0.5, 0.6) is 5.75 Å². The molecule has 1 saturated carbocycles. The molecule has 2 fully saturated rings. The zero-order chi connectivity index (χ0) is 33.7. The molecule has 1 saturated heterocycles. The SMILES string of the molecule is CCC(C)C(NC(=O)C(O)Cc1ccc(O)cc1)C(=O)N1C(C(=O)NC2CC=CN(C(=N)N)C2O)CC2CCC(OC(C)=O)CC21. The maximum atomic E-state index is 14.5. The molecule has 2 aliphatic heterocycles. The van der Waals surface area contributed by atoms with Gasteiger partial charge in [-0.05, 0) is 55.2 Å². The molecule has 9 unspecified atom stereocenters. The average Bonchev–Trinajstić information content (AvgIpc) is 3.39. The lowest BCUT2D eigenvalue weighted by Gasteiger charge is -2.40. The van der Waals surface area contributed by atoms with Gasteiger partial charge in [0.1, 0.15) is 30.0 Å². The molecule has 0 bridgehead atoms. The third kappa shape index (κ3) is 7.97. The molecule has 9 atom stereocenters. The normalized spacial score (nSPS) is 27.6. The molecule has 4 rings (SSSR count). The lowest BCUT2D eigenvalue weighted by atomic mass is 9.82. The van der Waals surface area contributed by atoms with E-state index in [1.165, 1.54) is 30.2 Å². The summed E-state index contributed by atoms with van der Waals surface area (Å²) in [4.78, 5) is 56.1. The first kappa shape index (κ1) is 34.7. The van der Waals surface area contributed by atoms with E-state index in [-0.39, 0.29) is 36.4 Å². The number of guanidine groups is 1. The number of phenols is 1. The van der Waals surface area contributed by atoms with Crippen LogP contribution < -0.4 is 16.4 Å². The topological polar surface area (TPSA) is 219 Å². The van der Waals surface area contributed by atoms with Gasteiger partial charge < -0.3 is 41.3 Å². The number of ether oxygens (including phenoxy) is 1. The van der Waals surface area contributed by atoms with Gasteiger partial charge >= 0.3 is 5.97 Å². The van der Waals surface area contributed by atoms with E-state index in [1.807, 2.05) is 6.92 Å². The first-order chi connectivity index (χ1) is 21.8. The molecular weight excluding hydrogens is 596 g/mol. The van der Waals surface area contributed by atoms with Gasteiger partial charge in [-0.3, -0.25) is 29.5 Å². The fourth-order valence-corrected chi connectivity index (χ4v) is 6.71. The van der Waals surface area contributed by atoms with Crippen LogP contribution in [0.2, 0.25) is 0 Å². The number of aliphatic hydroxyl groups is 2. The van der Waals surface area contributed by atoms with Gasteiger partial charge in [-0.1, -0.05) is 38.5 Å². The fourth-order valence-electron chi connectivity index (χ4n) is 6.71. The molecule has 252 valence electrons. The number of nitrogens with one attached hydrogen (secondary N) is 3. The highest BCUT2D eigenvalue weighted by atomic mass is 16.5. The molecule has 2 heterocycles. The van der Waals surface area contributed by atoms with Crippen LogP contribution in [-0.4, -0.2) is 97.4 Å². The van der Waals surface area contributed by atoms with Crippen LogP contribution in [0.3, 0.4) is 0 Å². The van der Waals surface area contributed by atoms with Gasteiger partial charge in [0, 0.05) is 32.0 Å². The van der Waals surface area contributed by atoms with Crippen molar-refractivity contribution >= 4 is 29.7 Å². The van der Waals surface area contributed by atoms with Crippen LogP contribution in [0.25, 0.3) is 0 Å². The minimum atomic E-state index is -1.47. The number of aromatic hydroxyl groups is 1. The Kier molecular flexibility index (Phi) is 11.3. The van der Waals surface area contributed by atoms with Crippen molar-refractivity contribution in [2.45, 2.75) is 108 Å². The summed E-state index contributed by atoms with van der Waals surface area (Å²) in [6.07, 6.45) is 2.60. The standard InChI is InChI=1S/C32H46N6O8/c1-4-17(2)27(36-29(43)26(41)14-19-7-10-21(40)11-8-19)31(45)38-24-16-22(46-18(3)39)12-9-20(24)15-25(38)28(42)35-23-6-5-13-37(30(23)44)32(33)34/h5,7-8,10-11,13,17,20,22-27,30,40-41,44H,4,6,9,12,14-16H2,1-3H3,(H3,33,34)(H,35,42)(H,36,43). The number of benzene rings is 1. The number of hydrogen-bond donors (Lipinski definition) is 7. The quantitative estimate of drug-likeness (QED) is 0.106. The number of amides is 3. The number of esters is 1. The predicted molar refractivity (Wildman–Crippen MR) is 167 cm³/mol. The summed E-state index contributed by atoms with van der Waals surface area (Å²) < 4.78 is 5.51. The average molecular weight is 643 g/mol. The third-order valence-electron chi connectivity index (χ3n) is 9.37. The van der Waals surface area contributed by atoms with Crippen LogP contribution in [-0.2, 0) is 30.3 Å². The largest absolute Gasteiger partial charge is 0.508 e. The second-order valence-corrected chi connectivity index (χ2v) is 12.6. The molecule has 0 spiro atoms. The smallest absolute Gasteiger partial charge is 0.302 e. The van der Waals surface area contributed by atoms with E-state index < -0.39 is 66.3 Å². The molecule has 14 nitrogen and oxygen atoms in total. The van der Waals surface area contributed by atoms with Crippen molar-refractivity contribution in [2.24, 2.45) is 17.6 Å². The van der Waals surface area contributed by atoms with Gasteiger partial charge in [0.05, 0.1) is 6.04 Å². The van der Waals surface area contributed by atoms with E-state index >= 15 is 0 Å². The molecule has 3 aliphatic rings. The van der Waals surface area contributed by atoms with E-state index in [0.29, 0.717) is 37.7 Å². The van der Waals surface area contributed by atoms with Crippen molar-refractivity contribution in [1.82, 2.24) is 20.4 Å². The number of nitrogens with zero attached hydrogens (tertiary/aromatic N) is 2. The molecule has 1 aromatic rings. The second kappa shape index (κ2) is 14.9. The maximum absolute atomic E-state index is 14.5. The van der Waals surface area contributed by atoms with Crippen LogP contribution in [0.15, 0.2) is 36.5 Å². The monoisotopic (exact) mass is 642 g/mol. The van der Waals surface area contributed by atoms with E-state index in [4.69, 9.17) is 15.9 Å². The van der Waals surface area contributed by atoms with Crippen molar-refractivity contribution in [2.75, 3.05) is 0 Å². The Morgan fingerprint density at radius 3 is 2.48 bits per heavy atom. The third-order valence-corrected chi connectivity index (χ3v) is 9.37. The Hall–Kier alpha value is -4.17. The van der Waals surface area contributed by atoms with Crippen molar-refractivity contribution in [3.05, 3.63) is 42.1 Å². The molecular formula is C32H46N6O8. The van der Waals surface area contributed by atoms with Gasteiger partial charge in [-0.2, -0.15) is 0 Å². The van der Waals surface area contributed by atoms with Crippen LogP contribution in [0.1, 0.15) is 64.9 Å². The Morgan fingerprint density at radius 1 is 1.15 bits per heavy atom. The first-order valence-electron chi connectivity index (χ1n) is 15.8. The molecule has 3 amide bonds. The lowest BCUT2D eigenvalue weighted by molar-refractivity contribution is -0.152. The number of carbonyl (C=O) groups is 4. The van der Waals surface area contributed by atoms with Gasteiger partial charge in [-0.15, -0.1) is 0 Å². The molecule has 0 radical (unpaired) electrons. The summed E-state index contributed by atoms with van der Waals surface area (Å²) in [5.74, 6) is -2.91. The lowest BCUT2D eigenvalue weighted by Crippen LogP contribution is -2.61. The van der Waals surface area contributed by atoms with E-state index in [2.05, 4.69) is 10.6 Å². The Labute approximate surface area is 268 Å². The van der Waals surface area contributed by atoms with Crippen LogP contribution in [0, 0.1) is 17.2 Å². The minimum absolute atomic E-state index is 0.0352. The highest BCUT2D eigenvalue weighted by Gasteiger charge is 2.52. The number of rotatable bonds is 10. The number of carbonyl (C=O) groups excluding carboxylic acids is 4. The number of fused-ring (bicyclic) bond motifs is 1. The van der Waals surface area contributed by atoms with Gasteiger partial charge in [0.25, 0.3) is 0 Å². The van der Waals surface area contributed by atoms with E-state index in [0.717, 1.165) is 4.90 Å². The summed E-state index contributed by atoms with van der Waals surface area (Å²) in [6.45, 7) is 5.00. The van der Waals surface area contributed by atoms with Crippen molar-refractivity contribution in [3.63, 3.8) is 0 Å². The summed E-state index contributed by atoms with van der Waals surface area (Å²) in [5, 5.41) is 44.4. The van der Waals surface area contributed by atoms with Gasteiger partial charge in [-0.25, -0.2) is 0 Å². The second-order valence-electron chi connectivity index (χ2n) is 12.6. The number of aliphatic hydroxyl groups excluding tert-OH is 2. The highest BCUT2D eigenvalue weighted by Crippen LogP contribution is 2.41. The minimum Gasteiger partial charge on any atom is -0.508 e. The van der Waals surface area contributed by atoms with E-state index in [1.54, 1.807) is 25.1 Å². The predicted octanol–water partition coefficient (Wildman–Crippen LogP) is 0.444. The number of phenolic OH excluding ortho intramolecular Hbond substituents is 1.